The highest BCUT2D eigenvalue weighted by atomic mass is 35.5. The van der Waals surface area contributed by atoms with Gasteiger partial charge in [-0.3, -0.25) is 0 Å². The van der Waals surface area contributed by atoms with Gasteiger partial charge in [0.1, 0.15) is 0 Å². The van der Waals surface area contributed by atoms with Gasteiger partial charge in [-0.1, -0.05) is 26.8 Å². The van der Waals surface area contributed by atoms with Gasteiger partial charge in [0.25, 0.3) is 0 Å². The van der Waals surface area contributed by atoms with E-state index in [1.807, 2.05) is 6.07 Å². The quantitative estimate of drug-likeness (QED) is 0.917. The highest BCUT2D eigenvalue weighted by molar-refractivity contribution is 5.85. The average Bonchev–Trinajstić information content (AvgIpc) is 2.29. The summed E-state index contributed by atoms with van der Waals surface area (Å²) in [6.07, 6.45) is 1.23. The molecule has 2 heterocycles. The molecular weight excluding hydrogens is 248 g/mol. The third-order valence-corrected chi connectivity index (χ3v) is 3.37. The molecule has 1 N–H and O–H groups in total. The van der Waals surface area contributed by atoms with Crippen LogP contribution in [0.2, 0.25) is 0 Å². The molecule has 0 aliphatic carbocycles. The van der Waals surface area contributed by atoms with Crippen molar-refractivity contribution in [1.29, 1.82) is 0 Å². The molecule has 18 heavy (non-hydrogen) atoms. The summed E-state index contributed by atoms with van der Waals surface area (Å²) in [6.45, 7) is 10.5. The van der Waals surface area contributed by atoms with Gasteiger partial charge < -0.3 is 10.1 Å². The second-order valence-electron chi connectivity index (χ2n) is 5.48. The molecule has 0 aromatic carbocycles. The lowest BCUT2D eigenvalue weighted by Gasteiger charge is -2.32. The summed E-state index contributed by atoms with van der Waals surface area (Å²) in [5, 5.41) is 3.42. The van der Waals surface area contributed by atoms with Crippen LogP contribution < -0.4 is 10.1 Å². The number of aromatic nitrogens is 1. The molecule has 4 heteroatoms. The van der Waals surface area contributed by atoms with Crippen LogP contribution in [0.25, 0.3) is 0 Å². The molecule has 0 amide bonds. The lowest BCUT2D eigenvalue weighted by molar-refractivity contribution is 0.206. The van der Waals surface area contributed by atoms with Crippen LogP contribution in [0.4, 0.5) is 0 Å². The fraction of sp³-hybridized carbons (Fsp3) is 0.643. The van der Waals surface area contributed by atoms with E-state index < -0.39 is 0 Å². The first kappa shape index (κ1) is 15.3. The molecule has 102 valence electrons. The summed E-state index contributed by atoms with van der Waals surface area (Å²) in [5.74, 6) is 0.757. The van der Waals surface area contributed by atoms with Crippen LogP contribution in [0.5, 0.6) is 5.88 Å². The van der Waals surface area contributed by atoms with Gasteiger partial charge in [-0.2, -0.15) is 0 Å². The first-order chi connectivity index (χ1) is 8.03. The normalized spacial score (nSPS) is 18.4. The molecule has 1 aliphatic heterocycles. The van der Waals surface area contributed by atoms with Crippen LogP contribution in [0, 0.1) is 0 Å². The van der Waals surface area contributed by atoms with Gasteiger partial charge in [0, 0.05) is 24.6 Å². The maximum atomic E-state index is 5.79. The lowest BCUT2D eigenvalue weighted by atomic mass is 9.83. The summed E-state index contributed by atoms with van der Waals surface area (Å²) in [6, 6.07) is 4.11. The smallest absolute Gasteiger partial charge is 0.213 e. The Bertz CT molecular complexity index is 407. The first-order valence-electron chi connectivity index (χ1n) is 6.40. The Morgan fingerprint density at radius 1 is 1.44 bits per heavy atom. The minimum Gasteiger partial charge on any atom is -0.475 e. The van der Waals surface area contributed by atoms with Crippen molar-refractivity contribution in [1.82, 2.24) is 10.3 Å². The van der Waals surface area contributed by atoms with E-state index in [4.69, 9.17) is 9.72 Å². The van der Waals surface area contributed by atoms with Gasteiger partial charge in [0.05, 0.1) is 11.8 Å². The average molecular weight is 271 g/mol. The zero-order chi connectivity index (χ0) is 12.5. The second kappa shape index (κ2) is 5.89. The Kier molecular flexibility index (Phi) is 5.00. The predicted molar refractivity (Wildman–Crippen MR) is 76.6 cm³/mol. The van der Waals surface area contributed by atoms with E-state index in [0.29, 0.717) is 0 Å². The van der Waals surface area contributed by atoms with Crippen LogP contribution in [0.15, 0.2) is 12.1 Å². The summed E-state index contributed by atoms with van der Waals surface area (Å²) >= 11 is 0. The van der Waals surface area contributed by atoms with E-state index in [-0.39, 0.29) is 23.9 Å². The van der Waals surface area contributed by atoms with Crippen LogP contribution in [0.1, 0.15) is 45.4 Å². The number of pyridine rings is 1. The van der Waals surface area contributed by atoms with Gasteiger partial charge in [0.2, 0.25) is 5.88 Å². The maximum absolute atomic E-state index is 5.79. The molecule has 0 saturated heterocycles. The van der Waals surface area contributed by atoms with Gasteiger partial charge >= 0.3 is 0 Å². The Morgan fingerprint density at radius 2 is 2.17 bits per heavy atom. The number of nitrogens with one attached hydrogen (secondary N) is 1. The van der Waals surface area contributed by atoms with Gasteiger partial charge in [-0.05, 0) is 18.9 Å². The Morgan fingerprint density at radius 3 is 2.83 bits per heavy atom. The SMILES string of the molecule is CC[C@H](C)Oc1ccc2c(n1)C(C)(C)CNC2.Cl. The highest BCUT2D eigenvalue weighted by Crippen LogP contribution is 2.29. The summed E-state index contributed by atoms with van der Waals surface area (Å²) in [5.41, 5.74) is 2.55. The number of hydrogen-bond acceptors (Lipinski definition) is 3. The fourth-order valence-electron chi connectivity index (χ4n) is 2.15. The molecule has 1 aromatic heterocycles. The Balaban J connectivity index is 0.00000162. The molecule has 0 bridgehead atoms. The van der Waals surface area contributed by atoms with E-state index in [1.165, 1.54) is 11.3 Å². The van der Waals surface area contributed by atoms with Crippen LogP contribution in [-0.4, -0.2) is 17.6 Å². The molecular formula is C14H23ClN2O. The van der Waals surface area contributed by atoms with Crippen molar-refractivity contribution in [2.75, 3.05) is 6.54 Å². The van der Waals surface area contributed by atoms with Crippen LogP contribution >= 0.6 is 12.4 Å². The summed E-state index contributed by atoms with van der Waals surface area (Å²) in [7, 11) is 0. The van der Waals surface area contributed by atoms with Crippen molar-refractivity contribution < 1.29 is 4.74 Å². The fourth-order valence-corrected chi connectivity index (χ4v) is 2.15. The Hall–Kier alpha value is -0.800. The topological polar surface area (TPSA) is 34.1 Å². The van der Waals surface area contributed by atoms with E-state index in [9.17, 15) is 0 Å². The van der Waals surface area contributed by atoms with Crippen molar-refractivity contribution in [2.45, 2.75) is 52.2 Å². The molecule has 2 rings (SSSR count). The molecule has 0 saturated carbocycles. The molecule has 1 aromatic rings. The number of nitrogens with zero attached hydrogens (tertiary/aromatic N) is 1. The molecule has 1 atom stereocenters. The number of hydrogen-bond donors (Lipinski definition) is 1. The third-order valence-electron chi connectivity index (χ3n) is 3.37. The van der Waals surface area contributed by atoms with E-state index in [1.54, 1.807) is 0 Å². The monoisotopic (exact) mass is 270 g/mol. The largest absolute Gasteiger partial charge is 0.475 e. The standard InChI is InChI=1S/C14H22N2O.ClH/c1-5-10(2)17-12-7-6-11-8-15-9-14(3,4)13(11)16-12;/h6-7,10,15H,5,8-9H2,1-4H3;1H/t10-;/m0./s1. The maximum Gasteiger partial charge on any atom is 0.213 e. The van der Waals surface area contributed by atoms with E-state index in [0.717, 1.165) is 25.4 Å². The molecule has 0 fully saturated rings. The van der Waals surface area contributed by atoms with Gasteiger partial charge in [-0.25, -0.2) is 4.98 Å². The minimum atomic E-state index is 0. The predicted octanol–water partition coefficient (Wildman–Crippen LogP) is 3.06. The molecule has 0 radical (unpaired) electrons. The summed E-state index contributed by atoms with van der Waals surface area (Å²) < 4.78 is 5.79. The lowest BCUT2D eigenvalue weighted by Crippen LogP contribution is -2.39. The molecule has 0 unspecified atom stereocenters. The zero-order valence-corrected chi connectivity index (χ0v) is 12.4. The van der Waals surface area contributed by atoms with Gasteiger partial charge in [-0.15, -0.1) is 12.4 Å². The van der Waals surface area contributed by atoms with E-state index >= 15 is 0 Å². The van der Waals surface area contributed by atoms with Gasteiger partial charge in [0.15, 0.2) is 0 Å². The third kappa shape index (κ3) is 3.15. The number of fused-ring (bicyclic) bond motifs is 1. The first-order valence-corrected chi connectivity index (χ1v) is 6.40. The number of halogens is 1. The number of ether oxygens (including phenoxy) is 1. The van der Waals surface area contributed by atoms with Crippen LogP contribution in [0.3, 0.4) is 0 Å². The highest BCUT2D eigenvalue weighted by Gasteiger charge is 2.29. The molecule has 3 nitrogen and oxygen atoms in total. The van der Waals surface area contributed by atoms with Crippen molar-refractivity contribution in [3.8, 4) is 5.88 Å². The zero-order valence-electron chi connectivity index (χ0n) is 11.6. The summed E-state index contributed by atoms with van der Waals surface area (Å²) in [4.78, 5) is 4.69. The van der Waals surface area contributed by atoms with Crippen molar-refractivity contribution >= 4 is 12.4 Å². The van der Waals surface area contributed by atoms with Crippen LogP contribution in [-0.2, 0) is 12.0 Å². The van der Waals surface area contributed by atoms with E-state index in [2.05, 4.69) is 39.1 Å². The Labute approximate surface area is 116 Å². The van der Waals surface area contributed by atoms with Crippen molar-refractivity contribution in [3.63, 3.8) is 0 Å². The minimum absolute atomic E-state index is 0. The van der Waals surface area contributed by atoms with Crippen molar-refractivity contribution in [2.24, 2.45) is 0 Å². The molecule has 1 aliphatic rings. The number of rotatable bonds is 3. The second-order valence-corrected chi connectivity index (χ2v) is 5.48. The molecule has 0 spiro atoms. The van der Waals surface area contributed by atoms with Crippen molar-refractivity contribution in [3.05, 3.63) is 23.4 Å².